The third-order valence-corrected chi connectivity index (χ3v) is 4.86. The minimum atomic E-state index is 0.242. The number of hydrogen-bond acceptors (Lipinski definition) is 3. The predicted octanol–water partition coefficient (Wildman–Crippen LogP) is 4.31. The van der Waals surface area contributed by atoms with Gasteiger partial charge in [0.2, 0.25) is 0 Å². The van der Waals surface area contributed by atoms with Gasteiger partial charge in [-0.25, -0.2) is 0 Å². The number of nitrogens with zero attached hydrogens (tertiary/aromatic N) is 3. The Hall–Kier alpha value is -2.43. The number of aromatic nitrogens is 2. The molecule has 3 aromatic rings. The fourth-order valence-corrected chi connectivity index (χ4v) is 3.51. The summed E-state index contributed by atoms with van der Waals surface area (Å²) in [5.74, 6) is 0. The first-order valence-electron chi connectivity index (χ1n) is 9.50. The van der Waals surface area contributed by atoms with Crippen molar-refractivity contribution in [3.63, 3.8) is 0 Å². The zero-order chi connectivity index (χ0) is 19.4. The maximum atomic E-state index is 4.45. The van der Waals surface area contributed by atoms with Gasteiger partial charge in [0, 0.05) is 26.2 Å². The summed E-state index contributed by atoms with van der Waals surface area (Å²) in [5, 5.41) is 8.10. The summed E-state index contributed by atoms with van der Waals surface area (Å²) >= 11 is 0. The van der Waals surface area contributed by atoms with Gasteiger partial charge in [-0.15, -0.1) is 0 Å². The first-order valence-corrected chi connectivity index (χ1v) is 9.50. The van der Waals surface area contributed by atoms with Gasteiger partial charge in [-0.05, 0) is 56.3 Å². The van der Waals surface area contributed by atoms with E-state index in [0.29, 0.717) is 0 Å². The van der Waals surface area contributed by atoms with Crippen LogP contribution in [0.2, 0.25) is 0 Å². The van der Waals surface area contributed by atoms with E-state index in [-0.39, 0.29) is 6.04 Å². The van der Waals surface area contributed by atoms with Crippen molar-refractivity contribution >= 4 is 0 Å². The lowest BCUT2D eigenvalue weighted by Gasteiger charge is -2.17. The van der Waals surface area contributed by atoms with Gasteiger partial charge in [-0.3, -0.25) is 4.68 Å². The van der Waals surface area contributed by atoms with E-state index in [0.717, 1.165) is 18.8 Å². The van der Waals surface area contributed by atoms with Crippen LogP contribution in [0, 0.1) is 6.92 Å². The van der Waals surface area contributed by atoms with Crippen LogP contribution < -0.4 is 5.32 Å². The van der Waals surface area contributed by atoms with Crippen LogP contribution >= 0.6 is 0 Å². The lowest BCUT2D eigenvalue weighted by atomic mass is 9.98. The Morgan fingerprint density at radius 3 is 2.41 bits per heavy atom. The van der Waals surface area contributed by atoms with Crippen molar-refractivity contribution in [2.24, 2.45) is 7.05 Å². The van der Waals surface area contributed by atoms with Crippen molar-refractivity contribution in [1.82, 2.24) is 20.0 Å². The summed E-state index contributed by atoms with van der Waals surface area (Å²) in [6.07, 6.45) is 0. The molecule has 0 amide bonds. The quantitative estimate of drug-likeness (QED) is 0.680. The van der Waals surface area contributed by atoms with Crippen LogP contribution in [-0.2, 0) is 20.1 Å². The Morgan fingerprint density at radius 2 is 1.78 bits per heavy atom. The Bertz CT molecular complexity index is 878. The van der Waals surface area contributed by atoms with E-state index in [2.05, 4.69) is 90.9 Å². The highest BCUT2D eigenvalue weighted by Crippen LogP contribution is 2.25. The maximum absolute atomic E-state index is 4.45. The molecule has 0 spiro atoms. The highest BCUT2D eigenvalue weighted by atomic mass is 15.3. The topological polar surface area (TPSA) is 33.1 Å². The molecule has 3 rings (SSSR count). The average molecular weight is 363 g/mol. The van der Waals surface area contributed by atoms with Gasteiger partial charge in [0.25, 0.3) is 0 Å². The second-order valence-electron chi connectivity index (χ2n) is 7.53. The van der Waals surface area contributed by atoms with Crippen LogP contribution in [0.1, 0.15) is 35.5 Å². The molecule has 1 N–H and O–H groups in total. The van der Waals surface area contributed by atoms with Crippen molar-refractivity contribution in [2.45, 2.75) is 33.0 Å². The summed E-state index contributed by atoms with van der Waals surface area (Å²) in [6, 6.07) is 19.9. The second-order valence-corrected chi connectivity index (χ2v) is 7.53. The molecule has 142 valence electrons. The summed E-state index contributed by atoms with van der Waals surface area (Å²) in [7, 11) is 6.20. The second kappa shape index (κ2) is 8.51. The van der Waals surface area contributed by atoms with E-state index in [1.165, 1.54) is 27.9 Å². The van der Waals surface area contributed by atoms with Gasteiger partial charge in [-0.1, -0.05) is 48.5 Å². The number of hydrogen-bond donors (Lipinski definition) is 1. The minimum absolute atomic E-state index is 0.242. The van der Waals surface area contributed by atoms with Crippen molar-refractivity contribution in [3.8, 4) is 11.1 Å². The molecule has 27 heavy (non-hydrogen) atoms. The van der Waals surface area contributed by atoms with Crippen LogP contribution in [0.25, 0.3) is 11.1 Å². The van der Waals surface area contributed by atoms with Crippen molar-refractivity contribution in [1.29, 1.82) is 0 Å². The van der Waals surface area contributed by atoms with E-state index in [4.69, 9.17) is 0 Å². The van der Waals surface area contributed by atoms with Crippen molar-refractivity contribution in [2.75, 3.05) is 14.1 Å². The van der Waals surface area contributed by atoms with E-state index in [1.54, 1.807) is 0 Å². The molecular weight excluding hydrogens is 332 g/mol. The molecule has 0 radical (unpaired) electrons. The lowest BCUT2D eigenvalue weighted by Crippen LogP contribution is -2.20. The van der Waals surface area contributed by atoms with E-state index in [1.807, 2.05) is 18.7 Å². The standard InChI is InChI=1S/C23H30N4/c1-17-14-23(27(5)25-17)18(2)24-15-21-8-6-7-9-22(21)20-12-10-19(11-13-20)16-26(3)4/h6-14,18,24H,15-16H2,1-5H3. The van der Waals surface area contributed by atoms with E-state index >= 15 is 0 Å². The molecule has 1 unspecified atom stereocenters. The fourth-order valence-electron chi connectivity index (χ4n) is 3.51. The van der Waals surface area contributed by atoms with Crippen LogP contribution in [0.3, 0.4) is 0 Å². The van der Waals surface area contributed by atoms with E-state index < -0.39 is 0 Å². The summed E-state index contributed by atoms with van der Waals surface area (Å²) < 4.78 is 1.96. The lowest BCUT2D eigenvalue weighted by molar-refractivity contribution is 0.402. The predicted molar refractivity (Wildman–Crippen MR) is 112 cm³/mol. The molecule has 1 aromatic heterocycles. The van der Waals surface area contributed by atoms with Gasteiger partial charge in [0.15, 0.2) is 0 Å². The average Bonchev–Trinajstić information content (AvgIpc) is 2.98. The van der Waals surface area contributed by atoms with Crippen LogP contribution in [0.5, 0.6) is 0 Å². The molecule has 0 saturated heterocycles. The molecule has 0 saturated carbocycles. The molecule has 1 atom stereocenters. The zero-order valence-corrected chi connectivity index (χ0v) is 17.0. The Morgan fingerprint density at radius 1 is 1.07 bits per heavy atom. The number of benzene rings is 2. The fraction of sp³-hybridized carbons (Fsp3) is 0.348. The third kappa shape index (κ3) is 4.85. The molecular formula is C23H30N4. The van der Waals surface area contributed by atoms with Crippen LogP contribution in [0.15, 0.2) is 54.6 Å². The van der Waals surface area contributed by atoms with E-state index in [9.17, 15) is 0 Å². The van der Waals surface area contributed by atoms with Gasteiger partial charge in [0.05, 0.1) is 11.4 Å². The molecule has 0 aliphatic rings. The summed E-state index contributed by atoms with van der Waals surface area (Å²) in [6.45, 7) is 6.01. The van der Waals surface area contributed by atoms with Crippen molar-refractivity contribution in [3.05, 3.63) is 77.1 Å². The summed E-state index contributed by atoms with van der Waals surface area (Å²) in [4.78, 5) is 2.19. The monoisotopic (exact) mass is 362 g/mol. The molecule has 4 heteroatoms. The first-order chi connectivity index (χ1) is 12.9. The SMILES string of the molecule is Cc1cc(C(C)NCc2ccccc2-c2ccc(CN(C)C)cc2)n(C)n1. The van der Waals surface area contributed by atoms with Gasteiger partial charge < -0.3 is 10.2 Å². The molecule has 0 aliphatic heterocycles. The van der Waals surface area contributed by atoms with Gasteiger partial charge in [-0.2, -0.15) is 5.10 Å². The Balaban J connectivity index is 1.75. The number of aryl methyl sites for hydroxylation is 2. The van der Waals surface area contributed by atoms with Crippen LogP contribution in [0.4, 0.5) is 0 Å². The van der Waals surface area contributed by atoms with Gasteiger partial charge in [0.1, 0.15) is 0 Å². The third-order valence-electron chi connectivity index (χ3n) is 4.86. The maximum Gasteiger partial charge on any atom is 0.0597 e. The molecule has 1 heterocycles. The number of nitrogens with one attached hydrogen (secondary N) is 1. The highest BCUT2D eigenvalue weighted by molar-refractivity contribution is 5.67. The highest BCUT2D eigenvalue weighted by Gasteiger charge is 2.12. The first kappa shape index (κ1) is 19.3. The normalized spacial score (nSPS) is 12.5. The summed E-state index contributed by atoms with van der Waals surface area (Å²) in [5.41, 5.74) is 7.45. The smallest absolute Gasteiger partial charge is 0.0597 e. The number of rotatable bonds is 7. The minimum Gasteiger partial charge on any atom is -0.305 e. The molecule has 0 bridgehead atoms. The van der Waals surface area contributed by atoms with Crippen LogP contribution in [-0.4, -0.2) is 28.8 Å². The molecule has 0 aliphatic carbocycles. The largest absolute Gasteiger partial charge is 0.305 e. The molecule has 2 aromatic carbocycles. The molecule has 4 nitrogen and oxygen atoms in total. The Labute approximate surface area is 162 Å². The Kier molecular flexibility index (Phi) is 6.09. The van der Waals surface area contributed by atoms with Crippen molar-refractivity contribution < 1.29 is 0 Å². The molecule has 0 fully saturated rings. The van der Waals surface area contributed by atoms with Gasteiger partial charge >= 0.3 is 0 Å². The zero-order valence-electron chi connectivity index (χ0n) is 17.0.